The van der Waals surface area contributed by atoms with Crippen LogP contribution in [-0.4, -0.2) is 39.9 Å². The summed E-state index contributed by atoms with van der Waals surface area (Å²) < 4.78 is 12.8. The molecule has 43 heavy (non-hydrogen) atoms. The number of hydrogen-bond acceptors (Lipinski definition) is 8. The molecule has 10 nitrogen and oxygen atoms in total. The maximum Gasteiger partial charge on any atom is 0.243 e. The third kappa shape index (κ3) is 10.2. The highest BCUT2D eigenvalue weighted by Crippen LogP contribution is 2.39. The van der Waals surface area contributed by atoms with Crippen molar-refractivity contribution in [2.75, 3.05) is 11.1 Å². The lowest BCUT2D eigenvalue weighted by Gasteiger charge is -2.36. The number of aliphatic hydroxyl groups excluding tert-OH is 1. The maximum atomic E-state index is 12.1. The van der Waals surface area contributed by atoms with E-state index in [-0.39, 0.29) is 43.5 Å². The number of carbonyl (C=O) groups excluding carboxylic acids is 3. The lowest BCUT2D eigenvalue weighted by atomic mass is 10.0. The van der Waals surface area contributed by atoms with E-state index >= 15 is 0 Å². The quantitative estimate of drug-likeness (QED) is 0.106. The first kappa shape index (κ1) is 32.2. The number of hydrogen-bond donors (Lipinski definition) is 5. The lowest BCUT2D eigenvalue weighted by Crippen LogP contribution is -2.31. The standard InChI is InChI=1S/C32H37N3O7S/c1-21(37)34-26-13-15-28(16-14-26)43-20-27-17-29(24-9-7-23(19-36)8-10-24)42-32(41-27)25-11-5-22(6-12-25)18-33-30(38)3-2-4-31(39)35-40/h5-16,27,29,32,36,40H,2-4,17-20H2,1H3,(H,33,38)(H,34,37)(H,35,39)/t27-,29+,32+/m0/s1. The van der Waals surface area contributed by atoms with Gasteiger partial charge in [-0.15, -0.1) is 11.8 Å². The number of thioether (sulfide) groups is 1. The molecule has 0 spiro atoms. The van der Waals surface area contributed by atoms with E-state index in [2.05, 4.69) is 10.6 Å². The zero-order valence-corrected chi connectivity index (χ0v) is 24.8. The van der Waals surface area contributed by atoms with E-state index in [9.17, 15) is 19.5 Å². The number of aliphatic hydroxyl groups is 1. The number of anilines is 1. The number of rotatable bonds is 13. The van der Waals surface area contributed by atoms with Crippen LogP contribution in [0.4, 0.5) is 5.69 Å². The molecule has 1 aliphatic rings. The van der Waals surface area contributed by atoms with Crippen LogP contribution in [0.25, 0.3) is 0 Å². The van der Waals surface area contributed by atoms with Crippen LogP contribution in [-0.2, 0) is 37.0 Å². The Bertz CT molecular complexity index is 1350. The summed E-state index contributed by atoms with van der Waals surface area (Å²) in [5.74, 6) is -0.0961. The Kier molecular flexibility index (Phi) is 12.1. The summed E-state index contributed by atoms with van der Waals surface area (Å²) in [6.07, 6.45) is 0.380. The number of ether oxygens (including phenoxy) is 2. The van der Waals surface area contributed by atoms with E-state index in [1.54, 1.807) is 17.2 Å². The van der Waals surface area contributed by atoms with Crippen molar-refractivity contribution in [3.05, 3.63) is 95.1 Å². The van der Waals surface area contributed by atoms with Gasteiger partial charge in [0, 0.05) is 54.6 Å². The lowest BCUT2D eigenvalue weighted by molar-refractivity contribution is -0.245. The molecule has 0 bridgehead atoms. The predicted molar refractivity (Wildman–Crippen MR) is 162 cm³/mol. The second kappa shape index (κ2) is 16.2. The van der Waals surface area contributed by atoms with Gasteiger partial charge >= 0.3 is 0 Å². The molecule has 1 saturated heterocycles. The molecule has 5 N–H and O–H groups in total. The number of nitrogens with one attached hydrogen (secondary N) is 3. The van der Waals surface area contributed by atoms with E-state index in [4.69, 9.17) is 14.7 Å². The molecule has 228 valence electrons. The van der Waals surface area contributed by atoms with Gasteiger partial charge in [0.25, 0.3) is 0 Å². The monoisotopic (exact) mass is 607 g/mol. The van der Waals surface area contributed by atoms with Crippen molar-refractivity contribution in [1.29, 1.82) is 0 Å². The smallest absolute Gasteiger partial charge is 0.243 e. The van der Waals surface area contributed by atoms with Crippen molar-refractivity contribution in [2.45, 2.75) is 69.2 Å². The summed E-state index contributed by atoms with van der Waals surface area (Å²) in [5.41, 5.74) is 5.92. The average Bonchev–Trinajstić information content (AvgIpc) is 3.03. The van der Waals surface area contributed by atoms with E-state index < -0.39 is 12.2 Å². The normalized spacial score (nSPS) is 18.1. The molecular weight excluding hydrogens is 570 g/mol. The minimum atomic E-state index is -0.592. The van der Waals surface area contributed by atoms with Crippen LogP contribution in [0.2, 0.25) is 0 Å². The first-order chi connectivity index (χ1) is 20.8. The fourth-order valence-electron chi connectivity index (χ4n) is 4.60. The summed E-state index contributed by atoms with van der Waals surface area (Å²) in [6.45, 7) is 1.80. The molecule has 0 unspecified atom stereocenters. The van der Waals surface area contributed by atoms with Crippen LogP contribution in [0.15, 0.2) is 77.7 Å². The largest absolute Gasteiger partial charge is 0.392 e. The molecule has 0 radical (unpaired) electrons. The van der Waals surface area contributed by atoms with Gasteiger partial charge in [0.15, 0.2) is 6.29 Å². The molecule has 1 heterocycles. The zero-order valence-electron chi connectivity index (χ0n) is 24.0. The Morgan fingerprint density at radius 1 is 0.860 bits per heavy atom. The van der Waals surface area contributed by atoms with E-state index in [0.717, 1.165) is 32.8 Å². The fourth-order valence-corrected chi connectivity index (χ4v) is 5.52. The molecule has 1 aliphatic heterocycles. The SMILES string of the molecule is CC(=O)Nc1ccc(SC[C@@H]2C[C@H](c3ccc(CO)cc3)O[C@H](c3ccc(CNC(=O)CCCC(=O)NO)cc3)O2)cc1. The molecule has 0 aliphatic carbocycles. The van der Waals surface area contributed by atoms with Crippen molar-refractivity contribution < 1.29 is 34.2 Å². The summed E-state index contributed by atoms with van der Waals surface area (Å²) in [6, 6.07) is 23.1. The van der Waals surface area contributed by atoms with Gasteiger partial charge in [-0.2, -0.15) is 0 Å². The number of hydroxylamine groups is 1. The van der Waals surface area contributed by atoms with Crippen molar-refractivity contribution in [3.63, 3.8) is 0 Å². The highest BCUT2D eigenvalue weighted by molar-refractivity contribution is 7.99. The van der Waals surface area contributed by atoms with Crippen molar-refractivity contribution in [1.82, 2.24) is 10.8 Å². The van der Waals surface area contributed by atoms with Crippen LogP contribution in [0.5, 0.6) is 0 Å². The molecule has 11 heteroatoms. The second-order valence-electron chi connectivity index (χ2n) is 10.3. The summed E-state index contributed by atoms with van der Waals surface area (Å²) >= 11 is 1.67. The fraction of sp³-hybridized carbons (Fsp3) is 0.344. The summed E-state index contributed by atoms with van der Waals surface area (Å²) in [7, 11) is 0. The van der Waals surface area contributed by atoms with Crippen LogP contribution >= 0.6 is 11.8 Å². The molecule has 3 aromatic carbocycles. The first-order valence-corrected chi connectivity index (χ1v) is 15.1. The topological polar surface area (TPSA) is 146 Å². The van der Waals surface area contributed by atoms with Crippen LogP contribution in [0, 0.1) is 0 Å². The van der Waals surface area contributed by atoms with Crippen molar-refractivity contribution >= 4 is 35.2 Å². The molecule has 3 aromatic rings. The molecular formula is C32H37N3O7S. The van der Waals surface area contributed by atoms with Gasteiger partial charge in [0.05, 0.1) is 18.8 Å². The first-order valence-electron chi connectivity index (χ1n) is 14.1. The van der Waals surface area contributed by atoms with Gasteiger partial charge in [-0.1, -0.05) is 48.5 Å². The second-order valence-corrected chi connectivity index (χ2v) is 11.4. The molecule has 3 amide bonds. The molecule has 3 atom stereocenters. The van der Waals surface area contributed by atoms with Crippen molar-refractivity contribution in [3.8, 4) is 0 Å². The Hall–Kier alpha value is -3.74. The molecule has 4 rings (SSSR count). The van der Waals surface area contributed by atoms with Gasteiger partial charge < -0.3 is 25.2 Å². The van der Waals surface area contributed by atoms with Crippen LogP contribution in [0.1, 0.15) is 67.3 Å². The van der Waals surface area contributed by atoms with Gasteiger partial charge in [-0.3, -0.25) is 19.6 Å². The summed E-state index contributed by atoms with van der Waals surface area (Å²) in [5, 5.41) is 23.6. The van der Waals surface area contributed by atoms with E-state index in [1.807, 2.05) is 72.8 Å². The highest BCUT2D eigenvalue weighted by Gasteiger charge is 2.32. The minimum absolute atomic E-state index is 0.0226. The molecule has 0 aromatic heterocycles. The maximum absolute atomic E-state index is 12.1. The number of carbonyl (C=O) groups is 3. The Morgan fingerprint density at radius 3 is 2.16 bits per heavy atom. The van der Waals surface area contributed by atoms with Crippen molar-refractivity contribution in [2.24, 2.45) is 0 Å². The number of benzene rings is 3. The molecule has 1 fully saturated rings. The van der Waals surface area contributed by atoms with Gasteiger partial charge in [0.2, 0.25) is 17.7 Å². The van der Waals surface area contributed by atoms with Gasteiger partial charge in [0.1, 0.15) is 0 Å². The Morgan fingerprint density at radius 2 is 1.51 bits per heavy atom. The van der Waals surface area contributed by atoms with E-state index in [1.165, 1.54) is 6.92 Å². The minimum Gasteiger partial charge on any atom is -0.392 e. The third-order valence-electron chi connectivity index (χ3n) is 6.90. The van der Waals surface area contributed by atoms with Crippen LogP contribution in [0.3, 0.4) is 0 Å². The summed E-state index contributed by atoms with van der Waals surface area (Å²) in [4.78, 5) is 35.6. The predicted octanol–water partition coefficient (Wildman–Crippen LogP) is 4.77. The highest BCUT2D eigenvalue weighted by atomic mass is 32.2. The van der Waals surface area contributed by atoms with Crippen LogP contribution < -0.4 is 16.1 Å². The zero-order chi connectivity index (χ0) is 30.6. The Labute approximate surface area is 255 Å². The van der Waals surface area contributed by atoms with Gasteiger partial charge in [-0.25, -0.2) is 5.48 Å². The average molecular weight is 608 g/mol. The Balaban J connectivity index is 1.39. The van der Waals surface area contributed by atoms with E-state index in [0.29, 0.717) is 25.1 Å². The molecule has 0 saturated carbocycles. The van der Waals surface area contributed by atoms with Gasteiger partial charge in [-0.05, 0) is 47.4 Å². The number of amides is 3. The third-order valence-corrected chi connectivity index (χ3v) is 8.04.